The Bertz CT molecular complexity index is 882. The predicted molar refractivity (Wildman–Crippen MR) is 125 cm³/mol. The lowest BCUT2D eigenvalue weighted by molar-refractivity contribution is -0.00804. The van der Waals surface area contributed by atoms with E-state index in [0.717, 1.165) is 49.5 Å². The van der Waals surface area contributed by atoms with Crippen molar-refractivity contribution in [2.45, 2.75) is 25.4 Å². The van der Waals surface area contributed by atoms with E-state index >= 15 is 0 Å². The lowest BCUT2D eigenvalue weighted by atomic mass is 10.0. The third-order valence-electron chi connectivity index (χ3n) is 6.45. The fraction of sp³-hybridized carbons (Fsp3) is 0.545. The van der Waals surface area contributed by atoms with Gasteiger partial charge in [-0.2, -0.15) is 5.10 Å². The van der Waals surface area contributed by atoms with Crippen LogP contribution in [0.2, 0.25) is 0 Å². The Morgan fingerprint density at radius 1 is 1.34 bits per heavy atom. The molecule has 4 unspecified atom stereocenters. The third-order valence-corrected chi connectivity index (χ3v) is 6.45. The zero-order chi connectivity index (χ0) is 19.1. The number of rotatable bonds is 4. The molecule has 5 rings (SSSR count). The van der Waals surface area contributed by atoms with E-state index in [0.29, 0.717) is 12.5 Å². The molecule has 29 heavy (non-hydrogen) atoms. The lowest BCUT2D eigenvalue weighted by Gasteiger charge is -2.34. The molecule has 2 heterocycles. The molecule has 1 aromatic carbocycles. The Morgan fingerprint density at radius 2 is 2.21 bits per heavy atom. The van der Waals surface area contributed by atoms with E-state index in [1.54, 1.807) is 11.1 Å². The van der Waals surface area contributed by atoms with E-state index in [2.05, 4.69) is 46.5 Å². The van der Waals surface area contributed by atoms with Crippen molar-refractivity contribution in [2.75, 3.05) is 32.8 Å². The maximum atomic E-state index is 6.00. The normalized spacial score (nSPS) is 27.8. The van der Waals surface area contributed by atoms with Gasteiger partial charge in [0.25, 0.3) is 0 Å². The molecule has 4 atom stereocenters. The second kappa shape index (κ2) is 8.63. The van der Waals surface area contributed by atoms with Crippen LogP contribution in [0.25, 0.3) is 0 Å². The minimum Gasteiger partial charge on any atom is -0.370 e. The zero-order valence-corrected chi connectivity index (χ0v) is 19.5. The number of guanidine groups is 1. The number of benzene rings is 1. The molecule has 1 saturated carbocycles. The van der Waals surface area contributed by atoms with E-state index < -0.39 is 0 Å². The molecule has 6 nitrogen and oxygen atoms in total. The molecule has 1 aromatic heterocycles. The van der Waals surface area contributed by atoms with Crippen LogP contribution in [0.15, 0.2) is 41.7 Å². The molecular formula is C22H30IN5O. The smallest absolute Gasteiger partial charge is 0.194 e. The summed E-state index contributed by atoms with van der Waals surface area (Å²) in [6, 6.07) is 8.95. The van der Waals surface area contributed by atoms with Crippen molar-refractivity contribution < 1.29 is 4.74 Å². The maximum Gasteiger partial charge on any atom is 0.194 e. The highest BCUT2D eigenvalue weighted by molar-refractivity contribution is 14.0. The second-order valence-corrected chi connectivity index (χ2v) is 8.20. The fourth-order valence-electron chi connectivity index (χ4n) is 5.00. The molecule has 2 fully saturated rings. The highest BCUT2D eigenvalue weighted by Crippen LogP contribution is 2.61. The third kappa shape index (κ3) is 4.03. The van der Waals surface area contributed by atoms with Crippen molar-refractivity contribution in [1.82, 2.24) is 20.0 Å². The average Bonchev–Trinajstić information content (AvgIpc) is 3.03. The number of fused-ring (bicyclic) bond motifs is 3. The SMILES string of the molecule is CCNC(=NCC1C2Cc3ccccc3C12)N1CCOC(c2cnn(C)c2)C1.I. The van der Waals surface area contributed by atoms with Gasteiger partial charge in [-0.1, -0.05) is 24.3 Å². The lowest BCUT2D eigenvalue weighted by Crippen LogP contribution is -2.48. The Balaban J connectivity index is 0.00000205. The number of hydrogen-bond donors (Lipinski definition) is 1. The van der Waals surface area contributed by atoms with E-state index in [1.807, 2.05) is 24.1 Å². The summed E-state index contributed by atoms with van der Waals surface area (Å²) < 4.78 is 7.83. The molecule has 2 aliphatic carbocycles. The van der Waals surface area contributed by atoms with Gasteiger partial charge in [0.05, 0.1) is 19.3 Å². The van der Waals surface area contributed by atoms with Crippen LogP contribution in [0.3, 0.4) is 0 Å². The first kappa shape index (κ1) is 20.7. The minimum absolute atomic E-state index is 0. The van der Waals surface area contributed by atoms with Gasteiger partial charge in [0.15, 0.2) is 5.96 Å². The number of nitrogens with one attached hydrogen (secondary N) is 1. The van der Waals surface area contributed by atoms with E-state index in [9.17, 15) is 0 Å². The Hall–Kier alpha value is -1.61. The maximum absolute atomic E-state index is 6.00. The van der Waals surface area contributed by atoms with E-state index in [4.69, 9.17) is 9.73 Å². The number of ether oxygens (including phenoxy) is 1. The van der Waals surface area contributed by atoms with Crippen LogP contribution in [-0.2, 0) is 18.2 Å². The summed E-state index contributed by atoms with van der Waals surface area (Å²) in [6.45, 7) is 6.35. The molecule has 156 valence electrons. The first-order chi connectivity index (χ1) is 13.7. The molecule has 1 N–H and O–H groups in total. The van der Waals surface area contributed by atoms with E-state index in [1.165, 1.54) is 6.42 Å². The van der Waals surface area contributed by atoms with Crippen molar-refractivity contribution >= 4 is 29.9 Å². The summed E-state index contributed by atoms with van der Waals surface area (Å²) in [5.41, 5.74) is 4.26. The number of aliphatic imine (C=N–C) groups is 1. The predicted octanol–water partition coefficient (Wildman–Crippen LogP) is 2.96. The van der Waals surface area contributed by atoms with Crippen molar-refractivity contribution in [1.29, 1.82) is 0 Å². The van der Waals surface area contributed by atoms with Crippen LogP contribution >= 0.6 is 24.0 Å². The van der Waals surface area contributed by atoms with Crippen molar-refractivity contribution in [3.63, 3.8) is 0 Å². The molecule has 3 aliphatic rings. The molecule has 2 aromatic rings. The molecule has 1 saturated heterocycles. The molecular weight excluding hydrogens is 477 g/mol. The highest BCUT2D eigenvalue weighted by atomic mass is 127. The number of aromatic nitrogens is 2. The standard InChI is InChI=1S/C22H29N5O.HI/c1-3-23-22(27-8-9-28-20(14-27)16-11-25-26(2)13-16)24-12-19-18-10-15-6-4-5-7-17(15)21(18)19;/h4-7,11,13,18-21H,3,8-10,12,14H2,1-2H3,(H,23,24);1H. The largest absolute Gasteiger partial charge is 0.370 e. The van der Waals surface area contributed by atoms with Gasteiger partial charge in [0.2, 0.25) is 0 Å². The van der Waals surface area contributed by atoms with Gasteiger partial charge in [-0.05, 0) is 42.2 Å². The van der Waals surface area contributed by atoms with Gasteiger partial charge < -0.3 is 15.0 Å². The van der Waals surface area contributed by atoms with Gasteiger partial charge in [-0.3, -0.25) is 9.67 Å². The van der Waals surface area contributed by atoms with Gasteiger partial charge in [-0.15, -0.1) is 24.0 Å². The summed E-state index contributed by atoms with van der Waals surface area (Å²) in [6.07, 6.45) is 5.24. The van der Waals surface area contributed by atoms with Gasteiger partial charge >= 0.3 is 0 Å². The van der Waals surface area contributed by atoms with Gasteiger partial charge in [0.1, 0.15) is 6.10 Å². The number of aryl methyl sites for hydroxylation is 1. The van der Waals surface area contributed by atoms with Crippen LogP contribution in [0.4, 0.5) is 0 Å². The Kier molecular flexibility index (Phi) is 6.15. The topological polar surface area (TPSA) is 54.7 Å². The zero-order valence-electron chi connectivity index (χ0n) is 17.1. The van der Waals surface area contributed by atoms with Gasteiger partial charge in [0, 0.05) is 38.4 Å². The van der Waals surface area contributed by atoms with Crippen molar-refractivity contribution in [2.24, 2.45) is 23.9 Å². The van der Waals surface area contributed by atoms with Crippen molar-refractivity contribution in [3.8, 4) is 0 Å². The molecule has 0 spiro atoms. The second-order valence-electron chi connectivity index (χ2n) is 8.20. The fourth-order valence-corrected chi connectivity index (χ4v) is 5.00. The minimum atomic E-state index is 0. The molecule has 0 amide bonds. The molecule has 7 heteroatoms. The number of morpholine rings is 1. The first-order valence-electron chi connectivity index (χ1n) is 10.5. The van der Waals surface area contributed by atoms with Crippen LogP contribution < -0.4 is 5.32 Å². The molecule has 1 aliphatic heterocycles. The van der Waals surface area contributed by atoms with Crippen molar-refractivity contribution in [3.05, 3.63) is 53.3 Å². The number of halogens is 1. The van der Waals surface area contributed by atoms with Crippen LogP contribution in [0.5, 0.6) is 0 Å². The first-order valence-corrected chi connectivity index (χ1v) is 10.5. The van der Waals surface area contributed by atoms with Crippen LogP contribution in [0, 0.1) is 11.8 Å². The monoisotopic (exact) mass is 507 g/mol. The summed E-state index contributed by atoms with van der Waals surface area (Å²) in [5.74, 6) is 3.27. The molecule has 0 radical (unpaired) electrons. The Labute approximate surface area is 189 Å². The highest BCUT2D eigenvalue weighted by Gasteiger charge is 2.55. The number of nitrogens with zero attached hydrogens (tertiary/aromatic N) is 4. The van der Waals surface area contributed by atoms with Crippen LogP contribution in [-0.4, -0.2) is 53.4 Å². The summed E-state index contributed by atoms with van der Waals surface area (Å²) in [7, 11) is 1.94. The summed E-state index contributed by atoms with van der Waals surface area (Å²) >= 11 is 0. The van der Waals surface area contributed by atoms with Gasteiger partial charge in [-0.25, -0.2) is 0 Å². The molecule has 0 bridgehead atoms. The van der Waals surface area contributed by atoms with Crippen LogP contribution in [0.1, 0.15) is 35.6 Å². The quantitative estimate of drug-likeness (QED) is 0.393. The summed E-state index contributed by atoms with van der Waals surface area (Å²) in [4.78, 5) is 7.39. The Morgan fingerprint density at radius 3 is 3.00 bits per heavy atom. The summed E-state index contributed by atoms with van der Waals surface area (Å²) in [5, 5.41) is 7.79. The van der Waals surface area contributed by atoms with E-state index in [-0.39, 0.29) is 30.1 Å². The average molecular weight is 507 g/mol. The number of hydrogen-bond acceptors (Lipinski definition) is 3.